The lowest BCUT2D eigenvalue weighted by Crippen LogP contribution is -2.08. The molecule has 0 unspecified atom stereocenters. The van der Waals surface area contributed by atoms with Crippen molar-refractivity contribution < 1.29 is 18.0 Å². The van der Waals surface area contributed by atoms with Crippen molar-refractivity contribution in [3.8, 4) is 10.6 Å². The highest BCUT2D eigenvalue weighted by Crippen LogP contribution is 2.34. The number of halogens is 3. The zero-order valence-corrected chi connectivity index (χ0v) is 10.5. The van der Waals surface area contributed by atoms with Crippen molar-refractivity contribution in [1.82, 2.24) is 4.98 Å². The van der Waals surface area contributed by atoms with E-state index in [0.29, 0.717) is 18.5 Å². The minimum absolute atomic E-state index is 0.0771. The van der Waals surface area contributed by atoms with E-state index in [1.54, 1.807) is 0 Å². The van der Waals surface area contributed by atoms with Crippen molar-refractivity contribution >= 4 is 17.1 Å². The van der Waals surface area contributed by atoms with Gasteiger partial charge in [0.2, 0.25) is 0 Å². The predicted octanol–water partition coefficient (Wildman–Crippen LogP) is 3.75. The van der Waals surface area contributed by atoms with Crippen LogP contribution < -0.4 is 0 Å². The minimum Gasteiger partial charge on any atom is -0.292 e. The molecule has 1 aliphatic rings. The molecule has 6 heteroatoms. The van der Waals surface area contributed by atoms with Gasteiger partial charge in [0.25, 0.3) is 0 Å². The molecule has 0 bridgehead atoms. The van der Waals surface area contributed by atoms with E-state index in [0.717, 1.165) is 34.8 Å². The second-order valence-electron chi connectivity index (χ2n) is 4.29. The lowest BCUT2D eigenvalue weighted by Gasteiger charge is -2.06. The highest BCUT2D eigenvalue weighted by Gasteiger charge is 2.24. The van der Waals surface area contributed by atoms with Gasteiger partial charge >= 0.3 is 0 Å². The Labute approximate surface area is 110 Å². The molecule has 1 aliphatic carbocycles. The third-order valence-corrected chi connectivity index (χ3v) is 4.18. The maximum Gasteiger partial charge on any atom is 0.195 e. The average molecular weight is 283 g/mol. The molecular weight excluding hydrogens is 275 g/mol. The van der Waals surface area contributed by atoms with Gasteiger partial charge in [-0.3, -0.25) is 4.79 Å². The summed E-state index contributed by atoms with van der Waals surface area (Å²) in [6, 6.07) is 2.00. The molecule has 0 atom stereocenters. The molecule has 0 fully saturated rings. The van der Waals surface area contributed by atoms with Crippen LogP contribution in [0.25, 0.3) is 10.6 Å². The van der Waals surface area contributed by atoms with Crippen molar-refractivity contribution in [2.24, 2.45) is 0 Å². The summed E-state index contributed by atoms with van der Waals surface area (Å²) in [6.45, 7) is 0. The third-order valence-electron chi connectivity index (χ3n) is 3.03. The second-order valence-corrected chi connectivity index (χ2v) is 5.37. The largest absolute Gasteiger partial charge is 0.292 e. The molecule has 0 radical (unpaired) electrons. The van der Waals surface area contributed by atoms with Gasteiger partial charge < -0.3 is 0 Å². The number of carbonyl (C=O) groups excluding carboxylic acids is 1. The van der Waals surface area contributed by atoms with Gasteiger partial charge in [0.15, 0.2) is 23.2 Å². The summed E-state index contributed by atoms with van der Waals surface area (Å²) in [4.78, 5) is 16.5. The van der Waals surface area contributed by atoms with Crippen LogP contribution in [-0.2, 0) is 6.42 Å². The van der Waals surface area contributed by atoms with Gasteiger partial charge in [-0.25, -0.2) is 18.2 Å². The van der Waals surface area contributed by atoms with Crippen molar-refractivity contribution in [1.29, 1.82) is 0 Å². The fourth-order valence-corrected chi connectivity index (χ4v) is 3.21. The number of Topliss-reactive ketones (excluding diaryl/α,β-unsaturated/α-hetero) is 1. The van der Waals surface area contributed by atoms with E-state index in [2.05, 4.69) is 4.98 Å². The summed E-state index contributed by atoms with van der Waals surface area (Å²) in [5, 5.41) is 0.219. The maximum atomic E-state index is 13.7. The standard InChI is InChI=1S/C13H8F3NOS/c14-7-5-4-6(10(15)11(7)16)13-17-12-8(18)2-1-3-9(12)19-13/h4-5H,1-3H2. The summed E-state index contributed by atoms with van der Waals surface area (Å²) >= 11 is 1.16. The molecule has 98 valence electrons. The summed E-state index contributed by atoms with van der Waals surface area (Å²) in [7, 11) is 0. The monoisotopic (exact) mass is 283 g/mol. The van der Waals surface area contributed by atoms with Gasteiger partial charge in [0, 0.05) is 16.9 Å². The number of nitrogens with zero attached hydrogens (tertiary/aromatic N) is 1. The molecule has 0 N–H and O–H groups in total. The first-order valence-corrected chi connectivity index (χ1v) is 6.56. The van der Waals surface area contributed by atoms with Crippen LogP contribution in [0.3, 0.4) is 0 Å². The number of benzene rings is 1. The molecule has 0 spiro atoms. The highest BCUT2D eigenvalue weighted by molar-refractivity contribution is 7.15. The summed E-state index contributed by atoms with van der Waals surface area (Å²) in [6.07, 6.45) is 1.88. The summed E-state index contributed by atoms with van der Waals surface area (Å²) < 4.78 is 39.8. The number of hydrogen-bond acceptors (Lipinski definition) is 3. The summed E-state index contributed by atoms with van der Waals surface area (Å²) in [5.41, 5.74) is 0.237. The Morgan fingerprint density at radius 1 is 1.11 bits per heavy atom. The van der Waals surface area contributed by atoms with Crippen LogP contribution in [0.5, 0.6) is 0 Å². The molecule has 0 saturated carbocycles. The molecular formula is C13H8F3NOS. The molecule has 2 aromatic rings. The first-order chi connectivity index (χ1) is 9.08. The molecule has 0 aliphatic heterocycles. The van der Waals surface area contributed by atoms with Crippen LogP contribution in [0.2, 0.25) is 0 Å². The van der Waals surface area contributed by atoms with Gasteiger partial charge in [-0.1, -0.05) is 0 Å². The molecule has 1 aromatic carbocycles. The first-order valence-electron chi connectivity index (χ1n) is 5.74. The smallest absolute Gasteiger partial charge is 0.195 e. The average Bonchev–Trinajstić information content (AvgIpc) is 2.81. The Balaban J connectivity index is 2.13. The Morgan fingerprint density at radius 3 is 2.63 bits per heavy atom. The topological polar surface area (TPSA) is 30.0 Å². The predicted molar refractivity (Wildman–Crippen MR) is 64.7 cm³/mol. The van der Waals surface area contributed by atoms with E-state index < -0.39 is 17.5 Å². The lowest BCUT2D eigenvalue weighted by atomic mass is 10.0. The van der Waals surface area contributed by atoms with Crippen molar-refractivity contribution in [2.75, 3.05) is 0 Å². The van der Waals surface area contributed by atoms with Crippen LogP contribution >= 0.6 is 11.3 Å². The van der Waals surface area contributed by atoms with Crippen LogP contribution in [0.4, 0.5) is 13.2 Å². The zero-order valence-electron chi connectivity index (χ0n) is 9.67. The molecule has 0 amide bonds. The van der Waals surface area contributed by atoms with E-state index in [1.807, 2.05) is 0 Å². The van der Waals surface area contributed by atoms with Gasteiger partial charge in [0.1, 0.15) is 10.7 Å². The number of hydrogen-bond donors (Lipinski definition) is 0. The van der Waals surface area contributed by atoms with E-state index >= 15 is 0 Å². The Kier molecular flexibility index (Phi) is 2.89. The van der Waals surface area contributed by atoms with Crippen molar-refractivity contribution in [3.63, 3.8) is 0 Å². The van der Waals surface area contributed by atoms with Crippen molar-refractivity contribution in [2.45, 2.75) is 19.3 Å². The Bertz CT molecular complexity index is 681. The van der Waals surface area contributed by atoms with E-state index in [-0.39, 0.29) is 16.4 Å². The van der Waals surface area contributed by atoms with Crippen LogP contribution in [0.15, 0.2) is 12.1 Å². The summed E-state index contributed by atoms with van der Waals surface area (Å²) in [5.74, 6) is -4.10. The van der Waals surface area contributed by atoms with E-state index in [4.69, 9.17) is 0 Å². The van der Waals surface area contributed by atoms with Crippen LogP contribution in [0, 0.1) is 17.5 Å². The Morgan fingerprint density at radius 2 is 1.89 bits per heavy atom. The van der Waals surface area contributed by atoms with Crippen LogP contribution in [0.1, 0.15) is 28.2 Å². The number of aryl methyl sites for hydroxylation is 1. The SMILES string of the molecule is O=C1CCCc2sc(-c3ccc(F)c(F)c3F)nc21. The van der Waals surface area contributed by atoms with Gasteiger partial charge in [-0.05, 0) is 25.0 Å². The normalized spacial score (nSPS) is 14.6. The number of aromatic nitrogens is 1. The lowest BCUT2D eigenvalue weighted by molar-refractivity contribution is 0.0968. The maximum absolute atomic E-state index is 13.7. The number of carbonyl (C=O) groups is 1. The van der Waals surface area contributed by atoms with Crippen molar-refractivity contribution in [3.05, 3.63) is 40.2 Å². The van der Waals surface area contributed by atoms with E-state index in [9.17, 15) is 18.0 Å². The molecule has 1 aromatic heterocycles. The molecule has 1 heterocycles. The first kappa shape index (κ1) is 12.3. The molecule has 0 saturated heterocycles. The third kappa shape index (κ3) is 1.96. The van der Waals surface area contributed by atoms with Gasteiger partial charge in [-0.15, -0.1) is 11.3 Å². The molecule has 3 rings (SSSR count). The molecule has 19 heavy (non-hydrogen) atoms. The van der Waals surface area contributed by atoms with E-state index in [1.165, 1.54) is 0 Å². The number of rotatable bonds is 1. The Hall–Kier alpha value is -1.69. The fourth-order valence-electron chi connectivity index (χ4n) is 2.07. The number of thiazole rings is 1. The fraction of sp³-hybridized carbons (Fsp3) is 0.231. The van der Waals surface area contributed by atoms with Gasteiger partial charge in [-0.2, -0.15) is 0 Å². The van der Waals surface area contributed by atoms with Crippen LogP contribution in [-0.4, -0.2) is 10.8 Å². The number of fused-ring (bicyclic) bond motifs is 1. The molecule has 2 nitrogen and oxygen atoms in total. The number of ketones is 1. The zero-order chi connectivity index (χ0) is 13.6. The quantitative estimate of drug-likeness (QED) is 0.746. The highest BCUT2D eigenvalue weighted by atomic mass is 32.1. The minimum atomic E-state index is -1.52. The second kappa shape index (κ2) is 4.45. The van der Waals surface area contributed by atoms with Gasteiger partial charge in [0.05, 0.1) is 0 Å².